The van der Waals surface area contributed by atoms with E-state index in [0.717, 1.165) is 104 Å². The highest BCUT2D eigenvalue weighted by Crippen LogP contribution is 2.44. The Morgan fingerprint density at radius 2 is 1.05 bits per heavy atom. The number of hydrazine groups is 1. The first-order valence-corrected chi connectivity index (χ1v) is 54.3. The molecule has 146 heavy (non-hydrogen) atoms. The molecule has 2 unspecified atom stereocenters. The zero-order valence-electron chi connectivity index (χ0n) is 84.6. The molecule has 1 fully saturated rings. The Balaban J connectivity index is 0.000000209. The highest BCUT2D eigenvalue weighted by atomic mass is 35.5. The number of aromatic hydroxyl groups is 2. The number of unbranched alkanes of at least 4 members (excludes halogenated alkanes) is 16. The summed E-state index contributed by atoms with van der Waals surface area (Å²) in [5, 5.41) is 51.8. The molecule has 6 amide bonds. The zero-order valence-corrected chi connectivity index (χ0v) is 91.5. The number of aromatic nitrogens is 4. The number of hydrogen-bond acceptors (Lipinski definition) is 17. The molecule has 2 aliphatic rings. The minimum absolute atomic E-state index is 0.0104. The molecule has 13 rings (SSSR count). The third kappa shape index (κ3) is 32.7. The summed E-state index contributed by atoms with van der Waals surface area (Å²) in [6.45, 7) is 25.3. The number of rotatable bonds is 46. The van der Waals surface area contributed by atoms with Gasteiger partial charge in [0.15, 0.2) is 30.3 Å². The van der Waals surface area contributed by atoms with E-state index >= 15 is 0 Å². The van der Waals surface area contributed by atoms with Crippen molar-refractivity contribution in [3.63, 3.8) is 0 Å². The maximum atomic E-state index is 13.8. The quantitative estimate of drug-likeness (QED) is 0.0164. The summed E-state index contributed by atoms with van der Waals surface area (Å²) in [5.41, 5.74) is 10.8. The van der Waals surface area contributed by atoms with E-state index in [4.69, 9.17) is 107 Å². The third-order valence-corrected chi connectivity index (χ3v) is 29.8. The van der Waals surface area contributed by atoms with Crippen molar-refractivity contribution in [2.24, 2.45) is 10.1 Å². The van der Waals surface area contributed by atoms with Gasteiger partial charge in [0.05, 0.1) is 59.1 Å². The third-order valence-electron chi connectivity index (χ3n) is 25.7. The van der Waals surface area contributed by atoms with Crippen LogP contribution in [0.2, 0.25) is 40.2 Å². The van der Waals surface area contributed by atoms with Gasteiger partial charge in [-0.1, -0.05) is 302 Å². The summed E-state index contributed by atoms with van der Waals surface area (Å²) in [4.78, 5) is 83.6. The van der Waals surface area contributed by atoms with Crippen LogP contribution in [0, 0.1) is 6.92 Å². The van der Waals surface area contributed by atoms with Crippen LogP contribution >= 0.6 is 92.8 Å². The smallest absolute Gasteiger partial charge is 0.265 e. The molecule has 780 valence electrons. The largest absolute Gasteiger partial charge is 0.508 e. The van der Waals surface area contributed by atoms with Gasteiger partial charge in [-0.25, -0.2) is 22.9 Å². The minimum atomic E-state index is -3.78. The number of carbonyl (C=O) groups is 6. The number of phenolic OH excluding ortho intramolecular Hbond substituents is 2. The molecular formula is C111H131Cl8N13O13S. The van der Waals surface area contributed by atoms with Crippen LogP contribution in [-0.2, 0) is 62.9 Å². The van der Waals surface area contributed by atoms with Gasteiger partial charge < -0.3 is 45.7 Å². The number of hydrazone groups is 1. The fourth-order valence-electron chi connectivity index (χ4n) is 16.5. The van der Waals surface area contributed by atoms with Crippen molar-refractivity contribution in [1.82, 2.24) is 30.6 Å². The van der Waals surface area contributed by atoms with Gasteiger partial charge in [0.2, 0.25) is 9.84 Å². The van der Waals surface area contributed by atoms with Gasteiger partial charge in [0, 0.05) is 50.2 Å². The molecule has 0 aliphatic carbocycles. The number of aryl methyl sites for hydroxylation is 3. The molecule has 4 heterocycles. The number of nitrogens with one attached hydrogen (secondary N) is 6. The predicted molar refractivity (Wildman–Crippen MR) is 590 cm³/mol. The van der Waals surface area contributed by atoms with Gasteiger partial charge in [-0.05, 0) is 231 Å². The molecule has 8 N–H and O–H groups in total. The number of phenols is 2. The molecule has 1 saturated heterocycles. The van der Waals surface area contributed by atoms with E-state index in [0.29, 0.717) is 84.4 Å². The monoisotopic (exact) mass is 2170 g/mol. The number of hydrogen-bond donors (Lipinski definition) is 8. The number of halogens is 8. The van der Waals surface area contributed by atoms with Crippen LogP contribution in [0.25, 0.3) is 5.65 Å². The standard InChI is InChI=1S/C39H48Cl4N4O4.C38H46ClN5O5S.C34H37Cl3N4O4/c1-5-6-7-8-9-10-11-12-13-14-15-34(51-27-17-19-33(48)28(23-27)39(2,3)4)38(50)44-26-16-18-29(41)32(22-26)45-35-24-36(49)47(46-35)37-30(42)20-25(40)21-31(37)43;1-3-4-5-6-7-8-9-10-13-34(49-31-21-25-33(26-22-31)50(47,48)32-23-19-30(45)20-24-32)38(46)40-29-17-15-28(16-18-29)12-11-14-35-41-42-37-36(39)27(2)43-44(35)37;1-7-33(3,4)21-12-13-27(24(15-21)34(5,6)8-2)45-19-29(42)38-23-11-9-10-20(14-23)32(44)39-28-18-30(43)41(40-28)31-25(36)16-22(35)17-26(31)37/h16-23,34,48H,5-15,24H2,1-4H3,(H,44,50)(H,45,46);15-26,34,43,45H,3-14H2,1-2H3,(H,40,46);9-17H,7-8,18-19H2,1-6H3,(H,38,42)(H,39,40,44). The van der Waals surface area contributed by atoms with Crippen molar-refractivity contribution in [3.05, 3.63) is 255 Å². The average Bonchev–Trinajstić information content (AvgIpc) is 1.02. The number of ether oxygens (including phenoxy) is 3. The second-order valence-corrected chi connectivity index (χ2v) is 44.1. The molecule has 0 radical (unpaired) electrons. The highest BCUT2D eigenvalue weighted by molar-refractivity contribution is 7.91. The van der Waals surface area contributed by atoms with Gasteiger partial charge in [0.25, 0.3) is 35.4 Å². The molecule has 0 spiro atoms. The Morgan fingerprint density at radius 3 is 1.62 bits per heavy atom. The maximum absolute atomic E-state index is 13.8. The van der Waals surface area contributed by atoms with Gasteiger partial charge >= 0.3 is 0 Å². The van der Waals surface area contributed by atoms with E-state index in [1.165, 1.54) is 154 Å². The van der Waals surface area contributed by atoms with E-state index in [1.807, 2.05) is 62.5 Å². The number of amides is 6. The van der Waals surface area contributed by atoms with E-state index in [2.05, 4.69) is 120 Å². The molecule has 2 atom stereocenters. The summed E-state index contributed by atoms with van der Waals surface area (Å²) < 4.78 is 46.5. The first-order chi connectivity index (χ1) is 69.6. The van der Waals surface area contributed by atoms with Crippen molar-refractivity contribution in [2.75, 3.05) is 32.6 Å². The number of aliphatic imine (C=N–C) groups is 1. The van der Waals surface area contributed by atoms with Crippen molar-refractivity contribution >= 4 is 190 Å². The number of fused-ring (bicyclic) bond motifs is 1. The fourth-order valence-corrected chi connectivity index (χ4v) is 20.0. The number of amidine groups is 2. The van der Waals surface area contributed by atoms with Crippen molar-refractivity contribution < 1.29 is 61.6 Å². The number of sulfone groups is 1. The number of aromatic amines is 1. The topological polar surface area (TPSA) is 342 Å². The maximum Gasteiger partial charge on any atom is 0.265 e. The second kappa shape index (κ2) is 54.2. The van der Waals surface area contributed by atoms with Crippen LogP contribution in [0.3, 0.4) is 0 Å². The lowest BCUT2D eigenvalue weighted by Crippen LogP contribution is -2.36. The van der Waals surface area contributed by atoms with Crippen LogP contribution in [0.5, 0.6) is 28.7 Å². The predicted octanol–water partition coefficient (Wildman–Crippen LogP) is 29.1. The first kappa shape index (κ1) is 115. The molecular weight excluding hydrogens is 2040 g/mol. The Bertz CT molecular complexity index is 6500. The number of H-pyrrole nitrogens is 1. The lowest BCUT2D eigenvalue weighted by molar-refractivity contribution is -0.123. The van der Waals surface area contributed by atoms with E-state index in [9.17, 15) is 47.4 Å². The van der Waals surface area contributed by atoms with Gasteiger partial charge in [-0.2, -0.15) is 10.1 Å². The average molecular weight is 2170 g/mol. The van der Waals surface area contributed by atoms with Gasteiger partial charge in [-0.15, -0.1) is 10.2 Å². The Morgan fingerprint density at radius 1 is 0.514 bits per heavy atom. The number of nitrogens with zero attached hydrogens (tertiary/aromatic N) is 7. The summed E-state index contributed by atoms with van der Waals surface area (Å²) in [7, 11) is -3.78. The molecule has 0 saturated carbocycles. The van der Waals surface area contributed by atoms with E-state index in [-0.39, 0.29) is 123 Å². The van der Waals surface area contributed by atoms with Crippen molar-refractivity contribution in [1.29, 1.82) is 0 Å². The Kier molecular flexibility index (Phi) is 42.8. The molecule has 26 nitrogen and oxygen atoms in total. The first-order valence-electron chi connectivity index (χ1n) is 49.8. The summed E-state index contributed by atoms with van der Waals surface area (Å²) in [6, 6.07) is 47.9. The minimum Gasteiger partial charge on any atom is -0.508 e. The van der Waals surface area contributed by atoms with Crippen molar-refractivity contribution in [2.45, 2.75) is 295 Å². The second-order valence-electron chi connectivity index (χ2n) is 38.9. The summed E-state index contributed by atoms with van der Waals surface area (Å²) in [6.07, 6.45) is 24.6. The molecule has 9 aromatic carbocycles. The van der Waals surface area contributed by atoms with Crippen LogP contribution in [0.4, 0.5) is 34.1 Å². The van der Waals surface area contributed by atoms with Crippen LogP contribution in [0.1, 0.15) is 281 Å². The molecule has 35 heteroatoms. The highest BCUT2D eigenvalue weighted by Gasteiger charge is 2.35. The molecule has 2 aliphatic heterocycles. The lowest BCUT2D eigenvalue weighted by Gasteiger charge is -2.30. The molecule has 0 bridgehead atoms. The van der Waals surface area contributed by atoms with Crippen LogP contribution in [0.15, 0.2) is 196 Å². The van der Waals surface area contributed by atoms with Gasteiger partial charge in [0.1, 0.15) is 56.8 Å². The SMILES string of the molecule is CCC(C)(C)c1ccc(OCC(=O)Nc2cccc(C(=O)NC3=NN(c4c(Cl)cc(Cl)cc4Cl)C(=O)C3)c2)c(C(C)(C)CC)c1.CCCCCCCCCCC(Oc1ccc(S(=O)(=O)c2ccc(O)cc2)cc1)C(=O)Nc1ccc(CCCc2nnc3c(Cl)c(C)[nH]n23)cc1.CCCCCCCCCCCCC(Oc1ccc(O)c(C(C)(C)C)c1)C(=O)Nc1ccc(Cl)c(N=C2CC(=O)N(c3c(Cl)cc(Cl)cc3Cl)N2)c1. The Hall–Kier alpha value is -11.1. The molecule has 2 aromatic heterocycles. The van der Waals surface area contributed by atoms with Crippen LogP contribution in [-0.4, -0.2) is 104 Å². The van der Waals surface area contributed by atoms with Crippen LogP contribution < -0.4 is 50.9 Å². The number of benzene rings is 9. The Labute approximate surface area is 896 Å². The summed E-state index contributed by atoms with van der Waals surface area (Å²) in [5.74, 6) is 0.829. The molecule has 11 aromatic rings. The van der Waals surface area contributed by atoms with E-state index in [1.54, 1.807) is 66.7 Å². The summed E-state index contributed by atoms with van der Waals surface area (Å²) >= 11 is 50.0. The van der Waals surface area contributed by atoms with Gasteiger partial charge in [-0.3, -0.25) is 39.3 Å². The normalized spacial score (nSPS) is 13.5. The number of anilines is 5. The van der Waals surface area contributed by atoms with E-state index < -0.39 is 33.9 Å². The number of carbonyl (C=O) groups excluding carboxylic acids is 6. The fraction of sp³-hybridized carbons (Fsp3) is 0.405. The van der Waals surface area contributed by atoms with Crippen molar-refractivity contribution in [3.8, 4) is 28.7 Å². The lowest BCUT2D eigenvalue weighted by atomic mass is 9.76. The zero-order chi connectivity index (χ0) is 106.